The van der Waals surface area contributed by atoms with E-state index in [1.807, 2.05) is 31.2 Å². The third kappa shape index (κ3) is 4.47. The van der Waals surface area contributed by atoms with Crippen molar-refractivity contribution in [2.45, 2.75) is 13.0 Å². The topological polar surface area (TPSA) is 73.0 Å². The molecule has 1 N–H and O–H groups in total. The molecule has 24 heavy (non-hydrogen) atoms. The van der Waals surface area contributed by atoms with Crippen molar-refractivity contribution in [3.05, 3.63) is 34.3 Å². The molecule has 1 aromatic rings. The molecule has 9 heteroatoms. The van der Waals surface area contributed by atoms with Crippen LogP contribution >= 0.6 is 15.9 Å². The smallest absolute Gasteiger partial charge is 0.317 e. The van der Waals surface area contributed by atoms with Crippen molar-refractivity contribution in [3.8, 4) is 0 Å². The number of carbonyl (C=O) groups is 1. The third-order valence-electron chi connectivity index (χ3n) is 4.00. The normalized spacial score (nSPS) is 17.8. The average molecular weight is 419 g/mol. The molecule has 1 unspecified atom stereocenters. The SMILES string of the molecule is CC(NC(=O)N1CCN(S(=O)(=O)N(C)C)CC1)c1cccc(Br)c1. The zero-order valence-electron chi connectivity index (χ0n) is 14.1. The second-order valence-electron chi connectivity index (χ2n) is 5.90. The molecule has 0 saturated carbocycles. The van der Waals surface area contributed by atoms with Gasteiger partial charge < -0.3 is 10.2 Å². The van der Waals surface area contributed by atoms with Crippen LogP contribution in [0.4, 0.5) is 4.79 Å². The van der Waals surface area contributed by atoms with E-state index in [0.717, 1.165) is 10.0 Å². The molecular formula is C15H23BrN4O3S. The Labute approximate surface area is 151 Å². The average Bonchev–Trinajstić information content (AvgIpc) is 2.54. The first-order valence-electron chi connectivity index (χ1n) is 7.70. The first kappa shape index (κ1) is 19.2. The number of nitrogens with one attached hydrogen (secondary N) is 1. The van der Waals surface area contributed by atoms with Gasteiger partial charge in [0.1, 0.15) is 0 Å². The summed E-state index contributed by atoms with van der Waals surface area (Å²) < 4.78 is 27.7. The van der Waals surface area contributed by atoms with Crippen molar-refractivity contribution in [1.82, 2.24) is 18.8 Å². The Balaban J connectivity index is 1.91. The maximum Gasteiger partial charge on any atom is 0.317 e. The van der Waals surface area contributed by atoms with Gasteiger partial charge in [0, 0.05) is 44.7 Å². The minimum atomic E-state index is -3.42. The van der Waals surface area contributed by atoms with Gasteiger partial charge in [-0.3, -0.25) is 0 Å². The lowest BCUT2D eigenvalue weighted by molar-refractivity contribution is 0.167. The van der Waals surface area contributed by atoms with E-state index in [2.05, 4.69) is 21.2 Å². The van der Waals surface area contributed by atoms with Gasteiger partial charge in [-0.25, -0.2) is 4.79 Å². The predicted molar refractivity (Wildman–Crippen MR) is 96.8 cm³/mol. The molecule has 1 fully saturated rings. The number of hydrogen-bond donors (Lipinski definition) is 1. The van der Waals surface area contributed by atoms with Crippen molar-refractivity contribution in [3.63, 3.8) is 0 Å². The second kappa shape index (κ2) is 7.81. The van der Waals surface area contributed by atoms with Crippen LogP contribution < -0.4 is 5.32 Å². The lowest BCUT2D eigenvalue weighted by Crippen LogP contribution is -2.55. The number of rotatable bonds is 4. The summed E-state index contributed by atoms with van der Waals surface area (Å²) in [6.45, 7) is 3.29. The summed E-state index contributed by atoms with van der Waals surface area (Å²) in [5.74, 6) is 0. The van der Waals surface area contributed by atoms with Gasteiger partial charge in [0.05, 0.1) is 6.04 Å². The molecule has 1 atom stereocenters. The number of benzene rings is 1. The fourth-order valence-electron chi connectivity index (χ4n) is 2.49. The molecule has 2 rings (SSSR count). The molecule has 0 bridgehead atoms. The molecule has 1 heterocycles. The van der Waals surface area contributed by atoms with E-state index >= 15 is 0 Å². The standard InChI is InChI=1S/C15H23BrN4O3S/c1-12(13-5-4-6-14(16)11-13)17-15(21)19-7-9-20(10-8-19)24(22,23)18(2)3/h4-6,11-12H,7-10H2,1-3H3,(H,17,21). The highest BCUT2D eigenvalue weighted by Gasteiger charge is 2.30. The van der Waals surface area contributed by atoms with Gasteiger partial charge in [0.2, 0.25) is 0 Å². The van der Waals surface area contributed by atoms with Crippen molar-refractivity contribution in [2.75, 3.05) is 40.3 Å². The van der Waals surface area contributed by atoms with Crippen LogP contribution in [-0.2, 0) is 10.2 Å². The van der Waals surface area contributed by atoms with E-state index in [-0.39, 0.29) is 12.1 Å². The van der Waals surface area contributed by atoms with Crippen LogP contribution in [0.3, 0.4) is 0 Å². The number of carbonyl (C=O) groups excluding carboxylic acids is 1. The summed E-state index contributed by atoms with van der Waals surface area (Å²) >= 11 is 3.42. The van der Waals surface area contributed by atoms with Crippen molar-refractivity contribution < 1.29 is 13.2 Å². The van der Waals surface area contributed by atoms with E-state index in [9.17, 15) is 13.2 Å². The maximum atomic E-state index is 12.4. The number of piperazine rings is 1. The summed E-state index contributed by atoms with van der Waals surface area (Å²) in [4.78, 5) is 14.0. The van der Waals surface area contributed by atoms with Crippen LogP contribution in [0, 0.1) is 0 Å². The van der Waals surface area contributed by atoms with E-state index < -0.39 is 10.2 Å². The largest absolute Gasteiger partial charge is 0.331 e. The van der Waals surface area contributed by atoms with E-state index in [1.54, 1.807) is 4.90 Å². The van der Waals surface area contributed by atoms with Crippen LogP contribution in [-0.4, -0.2) is 68.2 Å². The van der Waals surface area contributed by atoms with Gasteiger partial charge in [-0.15, -0.1) is 0 Å². The van der Waals surface area contributed by atoms with Crippen LogP contribution in [0.1, 0.15) is 18.5 Å². The molecule has 0 aromatic heterocycles. The number of halogens is 1. The summed E-state index contributed by atoms with van der Waals surface area (Å²) in [6, 6.07) is 7.47. The van der Waals surface area contributed by atoms with Crippen LogP contribution in [0.15, 0.2) is 28.7 Å². The summed E-state index contributed by atoms with van der Waals surface area (Å²) in [6.07, 6.45) is 0. The van der Waals surface area contributed by atoms with Crippen LogP contribution in [0.25, 0.3) is 0 Å². The van der Waals surface area contributed by atoms with Gasteiger partial charge in [-0.2, -0.15) is 17.0 Å². The lowest BCUT2D eigenvalue weighted by atomic mass is 10.1. The number of hydrogen-bond acceptors (Lipinski definition) is 3. The number of nitrogens with zero attached hydrogens (tertiary/aromatic N) is 3. The van der Waals surface area contributed by atoms with Gasteiger partial charge in [-0.05, 0) is 24.6 Å². The fraction of sp³-hybridized carbons (Fsp3) is 0.533. The molecule has 1 aliphatic rings. The van der Waals surface area contributed by atoms with Crippen LogP contribution in [0.5, 0.6) is 0 Å². The van der Waals surface area contributed by atoms with Gasteiger partial charge in [0.15, 0.2) is 0 Å². The fourth-order valence-corrected chi connectivity index (χ4v) is 3.99. The Morgan fingerprint density at radius 3 is 2.42 bits per heavy atom. The zero-order valence-corrected chi connectivity index (χ0v) is 16.5. The Bertz CT molecular complexity index is 688. The zero-order chi connectivity index (χ0) is 17.9. The maximum absolute atomic E-state index is 12.4. The van der Waals surface area contributed by atoms with E-state index in [1.165, 1.54) is 22.7 Å². The number of urea groups is 1. The quantitative estimate of drug-likeness (QED) is 0.807. The summed E-state index contributed by atoms with van der Waals surface area (Å²) in [5.41, 5.74) is 1.01. The number of amides is 2. The van der Waals surface area contributed by atoms with Crippen LogP contribution in [0.2, 0.25) is 0 Å². The summed E-state index contributed by atoms with van der Waals surface area (Å²) in [7, 11) is -0.401. The van der Waals surface area contributed by atoms with E-state index in [0.29, 0.717) is 26.2 Å². The molecule has 134 valence electrons. The van der Waals surface area contributed by atoms with Gasteiger partial charge in [0.25, 0.3) is 10.2 Å². The van der Waals surface area contributed by atoms with E-state index in [4.69, 9.17) is 0 Å². The second-order valence-corrected chi connectivity index (χ2v) is 8.96. The minimum absolute atomic E-state index is 0.126. The molecule has 1 aliphatic heterocycles. The Morgan fingerprint density at radius 2 is 1.88 bits per heavy atom. The van der Waals surface area contributed by atoms with Crippen molar-refractivity contribution in [2.24, 2.45) is 0 Å². The minimum Gasteiger partial charge on any atom is -0.331 e. The Kier molecular flexibility index (Phi) is 6.24. The van der Waals surface area contributed by atoms with Gasteiger partial charge >= 0.3 is 6.03 Å². The first-order valence-corrected chi connectivity index (χ1v) is 9.89. The van der Waals surface area contributed by atoms with Gasteiger partial charge in [-0.1, -0.05) is 28.1 Å². The monoisotopic (exact) mass is 418 g/mol. The van der Waals surface area contributed by atoms with Crippen molar-refractivity contribution in [1.29, 1.82) is 0 Å². The molecule has 2 amide bonds. The Morgan fingerprint density at radius 1 is 1.25 bits per heavy atom. The first-order chi connectivity index (χ1) is 11.2. The van der Waals surface area contributed by atoms with Crippen molar-refractivity contribution >= 4 is 32.2 Å². The molecular weight excluding hydrogens is 396 g/mol. The molecule has 1 aromatic carbocycles. The highest BCUT2D eigenvalue weighted by atomic mass is 79.9. The molecule has 0 radical (unpaired) electrons. The molecule has 1 saturated heterocycles. The molecule has 0 aliphatic carbocycles. The highest BCUT2D eigenvalue weighted by Crippen LogP contribution is 2.18. The highest BCUT2D eigenvalue weighted by molar-refractivity contribution is 9.10. The third-order valence-corrected chi connectivity index (χ3v) is 6.44. The molecule has 0 spiro atoms. The molecule has 7 nitrogen and oxygen atoms in total. The predicted octanol–water partition coefficient (Wildman–Crippen LogP) is 1.64. The lowest BCUT2D eigenvalue weighted by Gasteiger charge is -2.35. The summed E-state index contributed by atoms with van der Waals surface area (Å²) in [5, 5.41) is 2.96. The Hall–Kier alpha value is -1.16.